The summed E-state index contributed by atoms with van der Waals surface area (Å²) in [5.41, 5.74) is 3.59. The minimum absolute atomic E-state index is 0.115. The molecule has 0 N–H and O–H groups in total. The lowest BCUT2D eigenvalue weighted by atomic mass is 10.1. The molecule has 1 aliphatic heterocycles. The topological polar surface area (TPSA) is 32.8 Å². The normalized spacial score (nSPS) is 17.3. The van der Waals surface area contributed by atoms with E-state index in [1.54, 1.807) is 7.11 Å². The minimum atomic E-state index is -0.115. The third-order valence-electron chi connectivity index (χ3n) is 5.55. The Balaban J connectivity index is 1.50. The zero-order valence-electron chi connectivity index (χ0n) is 15.5. The van der Waals surface area contributed by atoms with E-state index in [2.05, 4.69) is 42.2 Å². The van der Waals surface area contributed by atoms with Crippen LogP contribution < -0.4 is 9.64 Å². The summed E-state index contributed by atoms with van der Waals surface area (Å²) in [6.07, 6.45) is 3.32. The molecule has 0 aromatic heterocycles. The molecule has 4 nitrogen and oxygen atoms in total. The van der Waals surface area contributed by atoms with Gasteiger partial charge in [-0.1, -0.05) is 30.3 Å². The van der Waals surface area contributed by atoms with Gasteiger partial charge in [0.05, 0.1) is 13.2 Å². The van der Waals surface area contributed by atoms with E-state index in [9.17, 15) is 4.79 Å². The quantitative estimate of drug-likeness (QED) is 0.797. The fourth-order valence-electron chi connectivity index (χ4n) is 3.86. The van der Waals surface area contributed by atoms with Gasteiger partial charge >= 0.3 is 0 Å². The highest BCUT2D eigenvalue weighted by molar-refractivity contribution is 5.98. The first-order chi connectivity index (χ1) is 12.7. The molecule has 1 saturated carbocycles. The lowest BCUT2D eigenvalue weighted by molar-refractivity contribution is -0.123. The zero-order chi connectivity index (χ0) is 18.1. The number of anilines is 1. The van der Waals surface area contributed by atoms with Crippen molar-refractivity contribution in [2.45, 2.75) is 44.8 Å². The van der Waals surface area contributed by atoms with Crippen molar-refractivity contribution >= 4 is 11.6 Å². The third-order valence-corrected chi connectivity index (χ3v) is 5.55. The first-order valence-corrected chi connectivity index (χ1v) is 9.45. The Morgan fingerprint density at radius 1 is 1.19 bits per heavy atom. The Hall–Kier alpha value is -2.33. The van der Waals surface area contributed by atoms with Gasteiger partial charge in [0.2, 0.25) is 5.91 Å². The number of carbonyl (C=O) groups excluding carboxylic acids is 1. The van der Waals surface area contributed by atoms with Gasteiger partial charge in [0.25, 0.3) is 0 Å². The summed E-state index contributed by atoms with van der Waals surface area (Å²) in [6.45, 7) is 3.66. The molecule has 0 radical (unpaired) electrons. The van der Waals surface area contributed by atoms with Gasteiger partial charge in [-0.2, -0.15) is 0 Å². The highest BCUT2D eigenvalue weighted by Crippen LogP contribution is 2.33. The molecular formula is C22H26N2O2. The molecule has 136 valence electrons. The fourth-order valence-corrected chi connectivity index (χ4v) is 3.86. The summed E-state index contributed by atoms with van der Waals surface area (Å²) in [7, 11) is 1.68. The van der Waals surface area contributed by atoms with Crippen LogP contribution in [0.5, 0.6) is 5.75 Å². The van der Waals surface area contributed by atoms with Crippen LogP contribution in [0.15, 0.2) is 48.5 Å². The molecular weight excluding hydrogens is 324 g/mol. The summed E-state index contributed by atoms with van der Waals surface area (Å²) >= 11 is 0. The van der Waals surface area contributed by atoms with Crippen LogP contribution in [0.2, 0.25) is 0 Å². The van der Waals surface area contributed by atoms with Crippen molar-refractivity contribution in [1.29, 1.82) is 0 Å². The molecule has 2 aliphatic rings. The molecule has 0 unspecified atom stereocenters. The molecule has 0 spiro atoms. The Morgan fingerprint density at radius 2 is 1.92 bits per heavy atom. The number of benzene rings is 2. The van der Waals surface area contributed by atoms with Crippen molar-refractivity contribution in [3.8, 4) is 5.75 Å². The minimum Gasteiger partial charge on any atom is -0.497 e. The molecule has 1 atom stereocenters. The second-order valence-corrected chi connectivity index (χ2v) is 7.30. The van der Waals surface area contributed by atoms with Crippen LogP contribution in [-0.4, -0.2) is 36.5 Å². The predicted molar refractivity (Wildman–Crippen MR) is 104 cm³/mol. The third kappa shape index (κ3) is 3.34. The monoisotopic (exact) mass is 350 g/mol. The van der Waals surface area contributed by atoms with Gasteiger partial charge in [0, 0.05) is 24.8 Å². The summed E-state index contributed by atoms with van der Waals surface area (Å²) in [5.74, 6) is 1.08. The molecule has 1 aliphatic carbocycles. The molecule has 1 heterocycles. The molecule has 2 aromatic rings. The predicted octanol–water partition coefficient (Wildman–Crippen LogP) is 3.64. The van der Waals surface area contributed by atoms with Crippen LogP contribution in [0.3, 0.4) is 0 Å². The average Bonchev–Trinajstić information content (AvgIpc) is 3.44. The van der Waals surface area contributed by atoms with Crippen LogP contribution in [0, 0.1) is 0 Å². The summed E-state index contributed by atoms with van der Waals surface area (Å²) < 4.78 is 5.25. The molecule has 2 aromatic carbocycles. The summed E-state index contributed by atoms with van der Waals surface area (Å²) in [4.78, 5) is 17.6. The van der Waals surface area contributed by atoms with Gasteiger partial charge in [-0.05, 0) is 55.5 Å². The van der Waals surface area contributed by atoms with E-state index in [-0.39, 0.29) is 11.9 Å². The fraction of sp³-hybridized carbons (Fsp3) is 0.409. The number of methoxy groups -OCH3 is 1. The lowest BCUT2D eigenvalue weighted by Crippen LogP contribution is -2.47. The standard InChI is InChI=1S/C22H26N2O2/c1-16(22(25)23-14-13-18-5-3-4-6-21(18)23)24(19-9-10-19)15-17-7-11-20(26-2)12-8-17/h3-8,11-12,16,19H,9-10,13-15H2,1-2H3/t16-/m0/s1. The van der Waals surface area contributed by atoms with Gasteiger partial charge < -0.3 is 9.64 Å². The van der Waals surface area contributed by atoms with Crippen LogP contribution in [0.4, 0.5) is 5.69 Å². The molecule has 4 rings (SSSR count). The van der Waals surface area contributed by atoms with E-state index in [0.717, 1.165) is 30.9 Å². The van der Waals surface area contributed by atoms with Gasteiger partial charge in [0.15, 0.2) is 0 Å². The Kier molecular flexibility index (Phi) is 4.68. The highest BCUT2D eigenvalue weighted by atomic mass is 16.5. The lowest BCUT2D eigenvalue weighted by Gasteiger charge is -2.31. The number of hydrogen-bond donors (Lipinski definition) is 0. The number of carbonyl (C=O) groups is 1. The summed E-state index contributed by atoms with van der Waals surface area (Å²) in [6, 6.07) is 16.8. The number of rotatable bonds is 6. The van der Waals surface area contributed by atoms with Crippen LogP contribution in [0.1, 0.15) is 30.9 Å². The average molecular weight is 350 g/mol. The van der Waals surface area contributed by atoms with Gasteiger partial charge in [-0.15, -0.1) is 0 Å². The molecule has 0 saturated heterocycles. The molecule has 4 heteroatoms. The zero-order valence-corrected chi connectivity index (χ0v) is 15.5. The molecule has 1 amide bonds. The number of fused-ring (bicyclic) bond motifs is 1. The molecule has 26 heavy (non-hydrogen) atoms. The van der Waals surface area contributed by atoms with E-state index in [1.807, 2.05) is 23.1 Å². The molecule has 1 fully saturated rings. The second-order valence-electron chi connectivity index (χ2n) is 7.30. The summed E-state index contributed by atoms with van der Waals surface area (Å²) in [5, 5.41) is 0. The maximum absolute atomic E-state index is 13.2. The van der Waals surface area contributed by atoms with Gasteiger partial charge in [-0.3, -0.25) is 9.69 Å². The number of nitrogens with zero attached hydrogens (tertiary/aromatic N) is 2. The van der Waals surface area contributed by atoms with Crippen molar-refractivity contribution in [3.63, 3.8) is 0 Å². The number of ether oxygens (including phenoxy) is 1. The first kappa shape index (κ1) is 17.1. The van der Waals surface area contributed by atoms with Crippen LogP contribution in [-0.2, 0) is 17.8 Å². The largest absolute Gasteiger partial charge is 0.497 e. The Bertz CT molecular complexity index is 783. The first-order valence-electron chi connectivity index (χ1n) is 9.45. The van der Waals surface area contributed by atoms with Gasteiger partial charge in [-0.25, -0.2) is 0 Å². The van der Waals surface area contributed by atoms with Crippen molar-refractivity contribution in [1.82, 2.24) is 4.90 Å². The van der Waals surface area contributed by atoms with Crippen molar-refractivity contribution in [2.24, 2.45) is 0 Å². The van der Waals surface area contributed by atoms with Crippen LogP contribution in [0.25, 0.3) is 0 Å². The van der Waals surface area contributed by atoms with E-state index in [0.29, 0.717) is 6.04 Å². The molecule has 0 bridgehead atoms. The Morgan fingerprint density at radius 3 is 2.62 bits per heavy atom. The smallest absolute Gasteiger partial charge is 0.244 e. The second kappa shape index (κ2) is 7.12. The maximum Gasteiger partial charge on any atom is 0.244 e. The number of hydrogen-bond acceptors (Lipinski definition) is 3. The number of amides is 1. The number of para-hydroxylation sites is 1. The Labute approximate surface area is 155 Å². The van der Waals surface area contributed by atoms with E-state index in [4.69, 9.17) is 4.74 Å². The van der Waals surface area contributed by atoms with E-state index in [1.165, 1.54) is 24.0 Å². The highest BCUT2D eigenvalue weighted by Gasteiger charge is 2.38. The van der Waals surface area contributed by atoms with Crippen molar-refractivity contribution < 1.29 is 9.53 Å². The van der Waals surface area contributed by atoms with Crippen molar-refractivity contribution in [3.05, 3.63) is 59.7 Å². The van der Waals surface area contributed by atoms with E-state index >= 15 is 0 Å². The van der Waals surface area contributed by atoms with Crippen molar-refractivity contribution in [2.75, 3.05) is 18.6 Å². The SMILES string of the molecule is COc1ccc(CN(C2CC2)[C@@H](C)C(=O)N2CCc3ccccc32)cc1. The van der Waals surface area contributed by atoms with E-state index < -0.39 is 0 Å². The van der Waals surface area contributed by atoms with Crippen LogP contribution >= 0.6 is 0 Å². The van der Waals surface area contributed by atoms with Gasteiger partial charge in [0.1, 0.15) is 5.75 Å². The maximum atomic E-state index is 13.2.